The van der Waals surface area contributed by atoms with Crippen molar-refractivity contribution in [1.29, 1.82) is 5.26 Å². The highest BCUT2D eigenvalue weighted by Gasteiger charge is 2.41. The highest BCUT2D eigenvalue weighted by atomic mass is 16.6. The fourth-order valence-electron chi connectivity index (χ4n) is 3.85. The van der Waals surface area contributed by atoms with Crippen molar-refractivity contribution >= 4 is 12.1 Å². The van der Waals surface area contributed by atoms with Gasteiger partial charge < -0.3 is 14.2 Å². The molecule has 3 rings (SSSR count). The molecule has 0 saturated carbocycles. The van der Waals surface area contributed by atoms with E-state index in [-0.39, 0.29) is 25.2 Å². The summed E-state index contributed by atoms with van der Waals surface area (Å²) in [7, 11) is 0. The summed E-state index contributed by atoms with van der Waals surface area (Å²) < 4.78 is 16.4. The standard InChI is InChI=1S/C26H30N2O5/c1-3-5-6-24(25(29)31-4-2)28-22(18-33-26(28)30)15-19-11-13-23(14-12-19)32-17-21-9-7-20(16-27)8-10-21/h7-14,22,24H,3-6,15,17-18H2,1-2H3/t22-,24?/m0/s1. The van der Waals surface area contributed by atoms with Crippen LogP contribution in [0.1, 0.15) is 49.8 Å². The number of ether oxygens (including phenoxy) is 3. The van der Waals surface area contributed by atoms with Gasteiger partial charge in [-0.2, -0.15) is 5.26 Å². The number of carbonyl (C=O) groups is 2. The fraction of sp³-hybridized carbons (Fsp3) is 0.423. The van der Waals surface area contributed by atoms with E-state index >= 15 is 0 Å². The van der Waals surface area contributed by atoms with Gasteiger partial charge in [-0.05, 0) is 55.2 Å². The lowest BCUT2D eigenvalue weighted by Crippen LogP contribution is -2.48. The predicted molar refractivity (Wildman–Crippen MR) is 123 cm³/mol. The van der Waals surface area contributed by atoms with E-state index in [1.807, 2.05) is 43.3 Å². The van der Waals surface area contributed by atoms with E-state index in [2.05, 4.69) is 6.07 Å². The quantitative estimate of drug-likeness (QED) is 0.464. The molecule has 1 aliphatic rings. The van der Waals surface area contributed by atoms with Gasteiger partial charge in [0.2, 0.25) is 0 Å². The summed E-state index contributed by atoms with van der Waals surface area (Å²) >= 11 is 0. The van der Waals surface area contributed by atoms with Gasteiger partial charge in [-0.3, -0.25) is 4.90 Å². The fourth-order valence-corrected chi connectivity index (χ4v) is 3.85. The monoisotopic (exact) mass is 450 g/mol. The molecule has 174 valence electrons. The van der Waals surface area contributed by atoms with Gasteiger partial charge in [-0.15, -0.1) is 0 Å². The van der Waals surface area contributed by atoms with Gasteiger partial charge in [0.1, 0.15) is 25.0 Å². The van der Waals surface area contributed by atoms with Crippen LogP contribution in [0.2, 0.25) is 0 Å². The summed E-state index contributed by atoms with van der Waals surface area (Å²) in [4.78, 5) is 26.6. The number of esters is 1. The maximum Gasteiger partial charge on any atom is 0.410 e. The molecular formula is C26H30N2O5. The second kappa shape index (κ2) is 11.9. The molecule has 7 heteroatoms. The second-order valence-electron chi connectivity index (χ2n) is 7.99. The minimum Gasteiger partial charge on any atom is -0.489 e. The zero-order valence-corrected chi connectivity index (χ0v) is 19.2. The van der Waals surface area contributed by atoms with Crippen LogP contribution in [0.4, 0.5) is 4.79 Å². The van der Waals surface area contributed by atoms with Crippen molar-refractivity contribution in [2.24, 2.45) is 0 Å². The van der Waals surface area contributed by atoms with Crippen LogP contribution < -0.4 is 4.74 Å². The van der Waals surface area contributed by atoms with Crippen LogP contribution in [-0.2, 0) is 27.3 Å². The number of nitrogens with zero attached hydrogens (tertiary/aromatic N) is 2. The zero-order chi connectivity index (χ0) is 23.6. The van der Waals surface area contributed by atoms with Crippen molar-refractivity contribution in [2.45, 2.75) is 58.2 Å². The topological polar surface area (TPSA) is 88.9 Å². The third-order valence-corrected chi connectivity index (χ3v) is 5.61. The summed E-state index contributed by atoms with van der Waals surface area (Å²) in [5.41, 5.74) is 2.62. The maximum atomic E-state index is 12.5. The maximum absolute atomic E-state index is 12.5. The summed E-state index contributed by atoms with van der Waals surface area (Å²) in [5.74, 6) is 0.354. The van der Waals surface area contributed by atoms with Gasteiger partial charge >= 0.3 is 12.1 Å². The van der Waals surface area contributed by atoms with E-state index in [0.717, 1.165) is 29.7 Å². The third kappa shape index (κ3) is 6.48. The molecule has 1 heterocycles. The first-order valence-electron chi connectivity index (χ1n) is 11.4. The van der Waals surface area contributed by atoms with E-state index in [0.29, 0.717) is 25.0 Å². The number of unbranched alkanes of at least 4 members (excludes halogenated alkanes) is 1. The molecule has 1 fully saturated rings. The van der Waals surface area contributed by atoms with E-state index < -0.39 is 12.1 Å². The molecule has 0 aliphatic carbocycles. The van der Waals surface area contributed by atoms with Crippen LogP contribution in [0.25, 0.3) is 0 Å². The normalized spacial score (nSPS) is 16.1. The van der Waals surface area contributed by atoms with Crippen molar-refractivity contribution in [1.82, 2.24) is 4.90 Å². The van der Waals surface area contributed by atoms with Gasteiger partial charge in [0.15, 0.2) is 0 Å². The van der Waals surface area contributed by atoms with E-state index in [1.54, 1.807) is 24.0 Å². The minimum absolute atomic E-state index is 0.228. The lowest BCUT2D eigenvalue weighted by Gasteiger charge is -2.29. The molecule has 0 aromatic heterocycles. The Hall–Kier alpha value is -3.53. The predicted octanol–water partition coefficient (Wildman–Crippen LogP) is 4.62. The van der Waals surface area contributed by atoms with Gasteiger partial charge in [-0.1, -0.05) is 44.0 Å². The molecule has 0 N–H and O–H groups in total. The molecule has 0 radical (unpaired) electrons. The largest absolute Gasteiger partial charge is 0.489 e. The first-order chi connectivity index (χ1) is 16.0. The third-order valence-electron chi connectivity index (χ3n) is 5.61. The summed E-state index contributed by atoms with van der Waals surface area (Å²) in [6.45, 7) is 4.74. The van der Waals surface area contributed by atoms with Crippen LogP contribution in [0, 0.1) is 11.3 Å². The number of hydrogen-bond acceptors (Lipinski definition) is 6. The molecule has 0 bridgehead atoms. The van der Waals surface area contributed by atoms with Crippen molar-refractivity contribution in [3.63, 3.8) is 0 Å². The molecule has 1 unspecified atom stereocenters. The van der Waals surface area contributed by atoms with E-state index in [4.69, 9.17) is 19.5 Å². The van der Waals surface area contributed by atoms with Gasteiger partial charge in [-0.25, -0.2) is 9.59 Å². The molecule has 1 saturated heterocycles. The molecule has 1 aliphatic heterocycles. The van der Waals surface area contributed by atoms with Crippen molar-refractivity contribution in [3.05, 3.63) is 65.2 Å². The smallest absolute Gasteiger partial charge is 0.410 e. The number of rotatable bonds is 11. The van der Waals surface area contributed by atoms with Crippen LogP contribution in [0.5, 0.6) is 5.75 Å². The van der Waals surface area contributed by atoms with E-state index in [1.165, 1.54) is 0 Å². The Bertz CT molecular complexity index is 966. The number of amides is 1. The Labute approximate surface area is 194 Å². The Kier molecular flexibility index (Phi) is 8.71. The molecule has 1 amide bonds. The summed E-state index contributed by atoms with van der Waals surface area (Å²) in [5, 5.41) is 8.88. The highest BCUT2D eigenvalue weighted by Crippen LogP contribution is 2.25. The van der Waals surface area contributed by atoms with Crippen LogP contribution in [0.15, 0.2) is 48.5 Å². The molecule has 7 nitrogen and oxygen atoms in total. The number of benzene rings is 2. The molecule has 2 aromatic carbocycles. The van der Waals surface area contributed by atoms with Gasteiger partial charge in [0, 0.05) is 0 Å². The molecule has 2 aromatic rings. The van der Waals surface area contributed by atoms with Gasteiger partial charge in [0.05, 0.1) is 24.3 Å². The molecule has 2 atom stereocenters. The summed E-state index contributed by atoms with van der Waals surface area (Å²) in [6.07, 6.45) is 2.42. The zero-order valence-electron chi connectivity index (χ0n) is 19.2. The van der Waals surface area contributed by atoms with Crippen LogP contribution in [0.3, 0.4) is 0 Å². The second-order valence-corrected chi connectivity index (χ2v) is 7.99. The van der Waals surface area contributed by atoms with Crippen molar-refractivity contribution in [3.8, 4) is 11.8 Å². The highest BCUT2D eigenvalue weighted by molar-refractivity contribution is 5.82. The number of cyclic esters (lactones) is 1. The lowest BCUT2D eigenvalue weighted by molar-refractivity contribution is -0.149. The van der Waals surface area contributed by atoms with Crippen LogP contribution >= 0.6 is 0 Å². The van der Waals surface area contributed by atoms with Gasteiger partial charge in [0.25, 0.3) is 0 Å². The Balaban J connectivity index is 1.62. The van der Waals surface area contributed by atoms with Crippen molar-refractivity contribution < 1.29 is 23.8 Å². The average molecular weight is 451 g/mol. The number of hydrogen-bond donors (Lipinski definition) is 0. The molecular weight excluding hydrogens is 420 g/mol. The van der Waals surface area contributed by atoms with E-state index in [9.17, 15) is 9.59 Å². The lowest BCUT2D eigenvalue weighted by atomic mass is 10.0. The first-order valence-corrected chi connectivity index (χ1v) is 11.4. The average Bonchev–Trinajstić information content (AvgIpc) is 3.19. The Morgan fingerprint density at radius 3 is 2.48 bits per heavy atom. The number of nitriles is 1. The Morgan fingerprint density at radius 1 is 1.15 bits per heavy atom. The SMILES string of the molecule is CCCCC(C(=O)OCC)N1C(=O)OC[C@@H]1Cc1ccc(OCc2ccc(C#N)cc2)cc1. The van der Waals surface area contributed by atoms with Crippen molar-refractivity contribution in [2.75, 3.05) is 13.2 Å². The molecule has 0 spiro atoms. The minimum atomic E-state index is -0.625. The first kappa shape index (κ1) is 24.1. The van der Waals surface area contributed by atoms with Crippen LogP contribution in [-0.4, -0.2) is 42.3 Å². The Morgan fingerprint density at radius 2 is 1.85 bits per heavy atom. The number of carbonyl (C=O) groups excluding carboxylic acids is 2. The summed E-state index contributed by atoms with van der Waals surface area (Å²) in [6, 6.07) is 16.2. The molecule has 33 heavy (non-hydrogen) atoms.